The number of amides is 1. The van der Waals surface area contributed by atoms with Crippen molar-refractivity contribution in [2.75, 3.05) is 6.54 Å². The van der Waals surface area contributed by atoms with Crippen LogP contribution in [-0.2, 0) is 17.8 Å². The summed E-state index contributed by atoms with van der Waals surface area (Å²) in [6, 6.07) is 6.10. The average Bonchev–Trinajstić information content (AvgIpc) is 2.28. The predicted octanol–water partition coefficient (Wildman–Crippen LogP) is 2.07. The number of carbonyl (C=O) groups is 1. The van der Waals surface area contributed by atoms with Gasteiger partial charge in [-0.1, -0.05) is 28.1 Å². The van der Waals surface area contributed by atoms with Gasteiger partial charge in [-0.3, -0.25) is 4.79 Å². The molecule has 3 nitrogen and oxygen atoms in total. The number of nitrogens with two attached hydrogens (primary N) is 1. The Morgan fingerprint density at radius 2 is 2.35 bits per heavy atom. The van der Waals surface area contributed by atoms with E-state index in [1.165, 1.54) is 11.1 Å². The van der Waals surface area contributed by atoms with E-state index in [-0.39, 0.29) is 11.9 Å². The van der Waals surface area contributed by atoms with Gasteiger partial charge in [0.05, 0.1) is 0 Å². The van der Waals surface area contributed by atoms with Crippen molar-refractivity contribution in [2.24, 2.45) is 5.73 Å². The van der Waals surface area contributed by atoms with Crippen LogP contribution in [0.4, 0.5) is 0 Å². The number of hydrogen-bond acceptors (Lipinski definition) is 2. The molecule has 4 heteroatoms. The minimum absolute atomic E-state index is 0.0635. The molecule has 2 rings (SSSR count). The number of fused-ring (bicyclic) bond motifs is 1. The molecule has 0 aliphatic carbocycles. The molecule has 92 valence electrons. The summed E-state index contributed by atoms with van der Waals surface area (Å²) >= 11 is 3.56. The Labute approximate surface area is 110 Å². The fraction of sp³-hybridized carbons (Fsp3) is 0.462. The molecule has 2 N–H and O–H groups in total. The van der Waals surface area contributed by atoms with Crippen molar-refractivity contribution < 1.29 is 4.79 Å². The van der Waals surface area contributed by atoms with Gasteiger partial charge in [0.2, 0.25) is 5.91 Å². The van der Waals surface area contributed by atoms with Gasteiger partial charge >= 0.3 is 0 Å². The van der Waals surface area contributed by atoms with Crippen LogP contribution in [0.1, 0.15) is 24.5 Å². The van der Waals surface area contributed by atoms with Crippen LogP contribution >= 0.6 is 15.9 Å². The molecular weight excluding hydrogens is 280 g/mol. The third-order valence-electron chi connectivity index (χ3n) is 3.06. The summed E-state index contributed by atoms with van der Waals surface area (Å²) < 4.78 is 1.15. The molecule has 1 unspecified atom stereocenters. The van der Waals surface area contributed by atoms with Crippen LogP contribution in [0.15, 0.2) is 22.7 Å². The zero-order chi connectivity index (χ0) is 12.4. The molecule has 0 spiro atoms. The summed E-state index contributed by atoms with van der Waals surface area (Å²) in [5, 5.41) is 0. The van der Waals surface area contributed by atoms with Crippen molar-refractivity contribution in [3.63, 3.8) is 0 Å². The monoisotopic (exact) mass is 296 g/mol. The number of rotatable bonds is 2. The molecule has 0 bridgehead atoms. The first-order valence-electron chi connectivity index (χ1n) is 5.87. The van der Waals surface area contributed by atoms with Crippen LogP contribution < -0.4 is 5.73 Å². The lowest BCUT2D eigenvalue weighted by Gasteiger charge is -2.30. The van der Waals surface area contributed by atoms with E-state index in [0.29, 0.717) is 13.0 Å². The Balaban J connectivity index is 2.11. The van der Waals surface area contributed by atoms with Crippen LogP contribution in [-0.4, -0.2) is 23.4 Å². The lowest BCUT2D eigenvalue weighted by Crippen LogP contribution is -2.38. The van der Waals surface area contributed by atoms with Gasteiger partial charge in [0, 0.05) is 30.0 Å². The molecule has 1 aromatic rings. The van der Waals surface area contributed by atoms with Gasteiger partial charge in [-0.15, -0.1) is 0 Å². The van der Waals surface area contributed by atoms with Crippen molar-refractivity contribution in [1.82, 2.24) is 4.90 Å². The van der Waals surface area contributed by atoms with E-state index in [2.05, 4.69) is 28.1 Å². The van der Waals surface area contributed by atoms with Crippen molar-refractivity contribution in [2.45, 2.75) is 32.4 Å². The molecule has 0 fully saturated rings. The fourth-order valence-corrected chi connectivity index (χ4v) is 2.79. The van der Waals surface area contributed by atoms with Crippen LogP contribution in [0.5, 0.6) is 0 Å². The smallest absolute Gasteiger partial charge is 0.224 e. The highest BCUT2D eigenvalue weighted by Crippen LogP contribution is 2.26. The van der Waals surface area contributed by atoms with Crippen molar-refractivity contribution in [3.8, 4) is 0 Å². The maximum Gasteiger partial charge on any atom is 0.224 e. The van der Waals surface area contributed by atoms with Gasteiger partial charge in [-0.2, -0.15) is 0 Å². The Morgan fingerprint density at radius 1 is 1.59 bits per heavy atom. The fourth-order valence-electron chi connectivity index (χ4n) is 2.18. The summed E-state index contributed by atoms with van der Waals surface area (Å²) in [5.41, 5.74) is 8.23. The second kappa shape index (κ2) is 5.19. The average molecular weight is 297 g/mol. The summed E-state index contributed by atoms with van der Waals surface area (Å²) in [5.74, 6) is 0.158. The predicted molar refractivity (Wildman–Crippen MR) is 71.5 cm³/mol. The highest BCUT2D eigenvalue weighted by atomic mass is 79.9. The number of halogens is 1. The van der Waals surface area contributed by atoms with Crippen LogP contribution in [0.3, 0.4) is 0 Å². The molecule has 1 aromatic carbocycles. The van der Waals surface area contributed by atoms with Gasteiger partial charge in [0.1, 0.15) is 0 Å². The van der Waals surface area contributed by atoms with E-state index < -0.39 is 0 Å². The van der Waals surface area contributed by atoms with Gasteiger partial charge in [-0.25, -0.2) is 0 Å². The lowest BCUT2D eigenvalue weighted by atomic mass is 9.99. The third-order valence-corrected chi connectivity index (χ3v) is 3.80. The largest absolute Gasteiger partial charge is 0.338 e. The van der Waals surface area contributed by atoms with E-state index in [1.54, 1.807) is 0 Å². The van der Waals surface area contributed by atoms with E-state index in [9.17, 15) is 4.79 Å². The molecule has 0 saturated heterocycles. The first-order chi connectivity index (χ1) is 8.08. The van der Waals surface area contributed by atoms with Crippen LogP contribution in [0.25, 0.3) is 0 Å². The highest BCUT2D eigenvalue weighted by Gasteiger charge is 2.22. The zero-order valence-corrected chi connectivity index (χ0v) is 11.5. The number of benzene rings is 1. The maximum atomic E-state index is 11.9. The maximum absolute atomic E-state index is 11.9. The van der Waals surface area contributed by atoms with E-state index >= 15 is 0 Å². The Bertz CT molecular complexity index is 431. The van der Waals surface area contributed by atoms with Crippen LogP contribution in [0, 0.1) is 0 Å². The van der Waals surface area contributed by atoms with Gasteiger partial charge in [0.25, 0.3) is 0 Å². The minimum atomic E-state index is -0.0635. The van der Waals surface area contributed by atoms with E-state index in [4.69, 9.17) is 5.73 Å². The second-order valence-corrected chi connectivity index (χ2v) is 5.48. The molecule has 1 aliphatic rings. The first-order valence-corrected chi connectivity index (χ1v) is 6.67. The molecule has 1 atom stereocenters. The topological polar surface area (TPSA) is 46.3 Å². The quantitative estimate of drug-likeness (QED) is 0.908. The number of hydrogen-bond donors (Lipinski definition) is 1. The van der Waals surface area contributed by atoms with Crippen molar-refractivity contribution in [1.29, 1.82) is 0 Å². The molecule has 17 heavy (non-hydrogen) atoms. The van der Waals surface area contributed by atoms with Gasteiger partial charge in [0.15, 0.2) is 0 Å². The zero-order valence-electron chi connectivity index (χ0n) is 9.95. The molecule has 0 radical (unpaired) electrons. The van der Waals surface area contributed by atoms with Crippen molar-refractivity contribution >= 4 is 21.8 Å². The number of nitrogens with zero attached hydrogens (tertiary/aromatic N) is 1. The normalized spacial score (nSPS) is 16.5. The molecule has 0 saturated carbocycles. The minimum Gasteiger partial charge on any atom is -0.338 e. The Hall–Kier alpha value is -0.870. The first kappa shape index (κ1) is 12.6. The summed E-state index contributed by atoms with van der Waals surface area (Å²) in [6.07, 6.45) is 1.35. The standard InChI is InChI=1S/C13H17BrN2O/c1-9(15)7-13(17)16-6-5-11-10(8-16)3-2-4-12(11)14/h2-4,9H,5-8,15H2,1H3. The molecule has 1 heterocycles. The summed E-state index contributed by atoms with van der Waals surface area (Å²) in [6.45, 7) is 3.37. The number of carbonyl (C=O) groups excluding carboxylic acids is 1. The second-order valence-electron chi connectivity index (χ2n) is 4.62. The molecular formula is C13H17BrN2O. The summed E-state index contributed by atoms with van der Waals surface area (Å²) in [4.78, 5) is 13.8. The van der Waals surface area contributed by atoms with Crippen LogP contribution in [0.2, 0.25) is 0 Å². The third kappa shape index (κ3) is 2.87. The Kier molecular flexibility index (Phi) is 3.84. The van der Waals surface area contributed by atoms with E-state index in [0.717, 1.165) is 17.4 Å². The van der Waals surface area contributed by atoms with Gasteiger partial charge in [-0.05, 0) is 30.5 Å². The molecule has 1 aliphatic heterocycles. The molecule has 0 aromatic heterocycles. The van der Waals surface area contributed by atoms with E-state index in [1.807, 2.05) is 17.9 Å². The Morgan fingerprint density at radius 3 is 3.06 bits per heavy atom. The SMILES string of the molecule is CC(N)CC(=O)N1CCc2c(Br)cccc2C1. The van der Waals surface area contributed by atoms with Gasteiger partial charge < -0.3 is 10.6 Å². The molecule has 1 amide bonds. The highest BCUT2D eigenvalue weighted by molar-refractivity contribution is 9.10. The lowest BCUT2D eigenvalue weighted by molar-refractivity contribution is -0.132. The summed E-state index contributed by atoms with van der Waals surface area (Å²) in [7, 11) is 0. The van der Waals surface area contributed by atoms with Crippen molar-refractivity contribution in [3.05, 3.63) is 33.8 Å².